The van der Waals surface area contributed by atoms with Gasteiger partial charge in [-0.2, -0.15) is 13.2 Å². The highest BCUT2D eigenvalue weighted by Crippen LogP contribution is 2.39. The van der Waals surface area contributed by atoms with Crippen LogP contribution in [0.4, 0.5) is 19.0 Å². The van der Waals surface area contributed by atoms with E-state index >= 15 is 0 Å². The SMILES string of the molecule is O=C(NN1CCCC1)c1c(N2CCCC2)nn2c(-c3ccc(C(F)(F)F)cc3)c(-c3ccccc3Cl)cnc12. The van der Waals surface area contributed by atoms with E-state index in [1.54, 1.807) is 22.8 Å². The molecule has 2 fully saturated rings. The van der Waals surface area contributed by atoms with Crippen LogP contribution in [0, 0.1) is 0 Å². The number of benzene rings is 2. The Morgan fingerprint density at radius 3 is 2.23 bits per heavy atom. The predicted octanol–water partition coefficient (Wildman–Crippen LogP) is 6.08. The molecular weight excluding hydrogens is 529 g/mol. The van der Waals surface area contributed by atoms with Gasteiger partial charge in [0.25, 0.3) is 5.91 Å². The highest BCUT2D eigenvalue weighted by molar-refractivity contribution is 6.33. The van der Waals surface area contributed by atoms with E-state index in [0.717, 1.165) is 64.0 Å². The number of halogens is 4. The summed E-state index contributed by atoms with van der Waals surface area (Å²) < 4.78 is 41.7. The second-order valence-corrected chi connectivity index (χ2v) is 10.2. The third-order valence-corrected chi connectivity index (χ3v) is 7.60. The van der Waals surface area contributed by atoms with Gasteiger partial charge in [0.1, 0.15) is 5.56 Å². The van der Waals surface area contributed by atoms with E-state index in [1.165, 1.54) is 12.1 Å². The predicted molar refractivity (Wildman–Crippen MR) is 144 cm³/mol. The Morgan fingerprint density at radius 1 is 0.897 bits per heavy atom. The molecule has 0 bridgehead atoms. The van der Waals surface area contributed by atoms with Crippen molar-refractivity contribution in [3.8, 4) is 22.4 Å². The molecule has 0 spiro atoms. The molecule has 0 aliphatic carbocycles. The zero-order chi connectivity index (χ0) is 27.1. The van der Waals surface area contributed by atoms with Gasteiger partial charge in [-0.05, 0) is 43.9 Å². The first-order chi connectivity index (χ1) is 18.8. The van der Waals surface area contributed by atoms with Crippen molar-refractivity contribution < 1.29 is 18.0 Å². The number of fused-ring (bicyclic) bond motifs is 1. The Labute approximate surface area is 228 Å². The van der Waals surface area contributed by atoms with Gasteiger partial charge in [-0.1, -0.05) is 41.9 Å². The average molecular weight is 555 g/mol. The van der Waals surface area contributed by atoms with Crippen LogP contribution in [0.2, 0.25) is 5.02 Å². The minimum atomic E-state index is -4.47. The summed E-state index contributed by atoms with van der Waals surface area (Å²) in [5.74, 6) is 0.214. The van der Waals surface area contributed by atoms with E-state index in [9.17, 15) is 18.0 Å². The number of carbonyl (C=O) groups excluding carboxylic acids is 1. The molecule has 2 aromatic heterocycles. The molecular formula is C28H26ClF3N6O. The van der Waals surface area contributed by atoms with Crippen LogP contribution < -0.4 is 10.3 Å². The summed E-state index contributed by atoms with van der Waals surface area (Å²) in [4.78, 5) is 20.4. The van der Waals surface area contributed by atoms with E-state index < -0.39 is 11.7 Å². The minimum absolute atomic E-state index is 0.301. The molecule has 4 heterocycles. The van der Waals surface area contributed by atoms with Gasteiger partial charge in [-0.25, -0.2) is 14.5 Å². The first-order valence-corrected chi connectivity index (χ1v) is 13.3. The number of hydrazine groups is 1. The van der Waals surface area contributed by atoms with E-state index in [2.05, 4.69) is 15.3 Å². The van der Waals surface area contributed by atoms with Crippen LogP contribution in [0.25, 0.3) is 28.0 Å². The van der Waals surface area contributed by atoms with Crippen molar-refractivity contribution in [1.82, 2.24) is 25.0 Å². The number of anilines is 1. The lowest BCUT2D eigenvalue weighted by atomic mass is 9.99. The van der Waals surface area contributed by atoms with Crippen LogP contribution in [0.3, 0.4) is 0 Å². The Morgan fingerprint density at radius 2 is 1.56 bits per heavy atom. The second kappa shape index (κ2) is 10.2. The third-order valence-electron chi connectivity index (χ3n) is 7.27. The molecule has 6 rings (SSSR count). The van der Waals surface area contributed by atoms with Crippen LogP contribution >= 0.6 is 11.6 Å². The molecule has 7 nitrogen and oxygen atoms in total. The summed E-state index contributed by atoms with van der Waals surface area (Å²) in [6.45, 7) is 3.04. The van der Waals surface area contributed by atoms with Gasteiger partial charge in [0.05, 0.1) is 11.3 Å². The molecule has 4 aromatic rings. The third kappa shape index (κ3) is 4.83. The second-order valence-electron chi connectivity index (χ2n) is 9.84. The molecule has 1 amide bonds. The molecule has 0 saturated carbocycles. The number of nitrogens with one attached hydrogen (secondary N) is 1. The fourth-order valence-corrected chi connectivity index (χ4v) is 5.57. The number of hydrogen-bond acceptors (Lipinski definition) is 5. The van der Waals surface area contributed by atoms with Crippen LogP contribution in [0.1, 0.15) is 41.6 Å². The summed E-state index contributed by atoms with van der Waals surface area (Å²) >= 11 is 6.56. The first kappa shape index (κ1) is 25.6. The van der Waals surface area contributed by atoms with Gasteiger partial charge < -0.3 is 4.90 Å². The van der Waals surface area contributed by atoms with Crippen LogP contribution in [0.5, 0.6) is 0 Å². The summed E-state index contributed by atoms with van der Waals surface area (Å²) in [6, 6.07) is 12.1. The highest BCUT2D eigenvalue weighted by Gasteiger charge is 2.32. The molecule has 2 aromatic carbocycles. The normalized spacial score (nSPS) is 16.4. The van der Waals surface area contributed by atoms with Crippen molar-refractivity contribution in [3.05, 3.63) is 70.9 Å². The van der Waals surface area contributed by atoms with E-state index in [0.29, 0.717) is 44.4 Å². The van der Waals surface area contributed by atoms with Gasteiger partial charge in [-0.15, -0.1) is 5.10 Å². The largest absolute Gasteiger partial charge is 0.416 e. The van der Waals surface area contributed by atoms with Gasteiger partial charge in [0.2, 0.25) is 0 Å². The minimum Gasteiger partial charge on any atom is -0.354 e. The molecule has 2 aliphatic heterocycles. The number of amides is 1. The van der Waals surface area contributed by atoms with Crippen LogP contribution in [0.15, 0.2) is 54.7 Å². The van der Waals surface area contributed by atoms with Crippen molar-refractivity contribution in [2.45, 2.75) is 31.9 Å². The fourth-order valence-electron chi connectivity index (χ4n) is 5.33. The fraction of sp³-hybridized carbons (Fsp3) is 0.321. The monoisotopic (exact) mass is 554 g/mol. The van der Waals surface area contributed by atoms with Crippen molar-refractivity contribution in [2.24, 2.45) is 0 Å². The smallest absolute Gasteiger partial charge is 0.354 e. The molecule has 1 N–H and O–H groups in total. The Kier molecular flexibility index (Phi) is 6.68. The molecule has 0 unspecified atom stereocenters. The topological polar surface area (TPSA) is 65.8 Å². The molecule has 2 aliphatic rings. The number of hydrogen-bond donors (Lipinski definition) is 1. The lowest BCUT2D eigenvalue weighted by Gasteiger charge is -2.19. The van der Waals surface area contributed by atoms with E-state index in [4.69, 9.17) is 16.7 Å². The molecule has 2 saturated heterocycles. The summed E-state index contributed by atoms with van der Waals surface area (Å²) in [5.41, 5.74) is 5.18. The van der Waals surface area contributed by atoms with Crippen LogP contribution in [-0.4, -0.2) is 51.7 Å². The molecule has 0 atom stereocenters. The lowest BCUT2D eigenvalue weighted by molar-refractivity contribution is -0.137. The van der Waals surface area contributed by atoms with Gasteiger partial charge in [-0.3, -0.25) is 10.2 Å². The number of alkyl halides is 3. The van der Waals surface area contributed by atoms with E-state index in [1.807, 2.05) is 17.1 Å². The number of nitrogens with zero attached hydrogens (tertiary/aromatic N) is 5. The number of aromatic nitrogens is 3. The number of rotatable bonds is 5. The zero-order valence-electron chi connectivity index (χ0n) is 21.0. The quantitative estimate of drug-likeness (QED) is 0.324. The van der Waals surface area contributed by atoms with Crippen molar-refractivity contribution in [3.63, 3.8) is 0 Å². The Bertz CT molecular complexity index is 1520. The highest BCUT2D eigenvalue weighted by atomic mass is 35.5. The molecule has 0 radical (unpaired) electrons. The van der Waals surface area contributed by atoms with E-state index in [-0.39, 0.29) is 5.91 Å². The number of carbonyl (C=O) groups is 1. The lowest BCUT2D eigenvalue weighted by Crippen LogP contribution is -2.40. The Hall–Kier alpha value is -3.63. The van der Waals surface area contributed by atoms with Crippen LogP contribution in [-0.2, 0) is 6.18 Å². The summed E-state index contributed by atoms with van der Waals surface area (Å²) in [5, 5.41) is 7.25. The van der Waals surface area contributed by atoms with Crippen molar-refractivity contribution >= 4 is 29.0 Å². The standard InChI is InChI=1S/C28H26ClF3N6O/c29-22-8-2-1-7-20(22)21-17-33-25-23(27(39)35-37-15-5-6-16-37)26(36-13-3-4-14-36)34-38(25)24(21)18-9-11-19(12-10-18)28(30,31)32/h1-2,7-12,17H,3-6,13-16H2,(H,35,39). The maximum Gasteiger partial charge on any atom is 0.416 e. The maximum absolute atomic E-state index is 13.6. The molecule has 11 heteroatoms. The van der Waals surface area contributed by atoms with Crippen molar-refractivity contribution in [2.75, 3.05) is 31.1 Å². The van der Waals surface area contributed by atoms with Crippen molar-refractivity contribution in [1.29, 1.82) is 0 Å². The maximum atomic E-state index is 13.6. The summed E-state index contributed by atoms with van der Waals surface area (Å²) in [7, 11) is 0. The van der Waals surface area contributed by atoms with Gasteiger partial charge >= 0.3 is 6.18 Å². The zero-order valence-corrected chi connectivity index (χ0v) is 21.8. The summed E-state index contributed by atoms with van der Waals surface area (Å²) in [6.07, 6.45) is 1.12. The first-order valence-electron chi connectivity index (χ1n) is 13.0. The van der Waals surface area contributed by atoms with Gasteiger partial charge in [0.15, 0.2) is 11.5 Å². The molecule has 39 heavy (non-hydrogen) atoms. The van der Waals surface area contributed by atoms with Gasteiger partial charge in [0, 0.05) is 54.1 Å². The molecule has 202 valence electrons. The average Bonchev–Trinajstić information content (AvgIpc) is 3.69. The Balaban J connectivity index is 1.59.